The highest BCUT2D eigenvalue weighted by atomic mass is 32.2. The van der Waals surface area contributed by atoms with Crippen LogP contribution in [0.25, 0.3) is 0 Å². The van der Waals surface area contributed by atoms with Crippen molar-refractivity contribution in [2.75, 3.05) is 33.7 Å². The van der Waals surface area contributed by atoms with Gasteiger partial charge in [-0.2, -0.15) is 8.42 Å². The van der Waals surface area contributed by atoms with E-state index < -0.39 is 33.9 Å². The third-order valence-electron chi connectivity index (χ3n) is 4.49. The molecule has 148 valence electrons. The second kappa shape index (κ2) is 9.42. The second-order valence-corrected chi connectivity index (χ2v) is 8.20. The lowest BCUT2D eigenvalue weighted by Crippen LogP contribution is -2.63. The Morgan fingerprint density at radius 3 is 2.59 bits per heavy atom. The minimum Gasteiger partial charge on any atom is -0.308 e. The maximum absolute atomic E-state index is 13.0. The van der Waals surface area contributed by atoms with Crippen LogP contribution in [0.15, 0.2) is 28.6 Å². The molecule has 0 saturated carbocycles. The Bertz CT molecular complexity index is 820. The Kier molecular flexibility index (Phi) is 7.50. The second-order valence-electron chi connectivity index (χ2n) is 6.57. The number of hydrogen-bond donors (Lipinski definition) is 3. The van der Waals surface area contributed by atoms with Crippen LogP contribution in [0, 0.1) is 6.92 Å². The van der Waals surface area contributed by atoms with Gasteiger partial charge in [0.2, 0.25) is 0 Å². The fourth-order valence-electron chi connectivity index (χ4n) is 3.28. The summed E-state index contributed by atoms with van der Waals surface area (Å²) in [5.41, 5.74) is 1.81. The molecular formula is C16H24N5O4S2+. The van der Waals surface area contributed by atoms with Crippen LogP contribution >= 0.6 is 11.9 Å². The van der Waals surface area contributed by atoms with Crippen molar-refractivity contribution in [2.45, 2.75) is 19.1 Å². The van der Waals surface area contributed by atoms with E-state index in [9.17, 15) is 18.0 Å². The van der Waals surface area contributed by atoms with Gasteiger partial charge in [0.1, 0.15) is 6.54 Å². The predicted molar refractivity (Wildman–Crippen MR) is 103 cm³/mol. The quantitative estimate of drug-likeness (QED) is 0.477. The number of aryl methyl sites for hydroxylation is 1. The summed E-state index contributed by atoms with van der Waals surface area (Å²) in [6, 6.07) is 6.86. The molecule has 1 aromatic carbocycles. The van der Waals surface area contributed by atoms with Gasteiger partial charge < -0.3 is 4.48 Å². The topological polar surface area (TPSA) is 117 Å². The largest absolute Gasteiger partial charge is 0.312 e. The van der Waals surface area contributed by atoms with Gasteiger partial charge in [-0.1, -0.05) is 29.8 Å². The number of nitrogens with zero attached hydrogens (tertiary/aromatic N) is 2. The number of amides is 2. The zero-order chi connectivity index (χ0) is 20.0. The van der Waals surface area contributed by atoms with Gasteiger partial charge in [0.15, 0.2) is 12.2 Å². The average molecular weight is 415 g/mol. The van der Waals surface area contributed by atoms with Gasteiger partial charge >= 0.3 is 15.7 Å². The standard InChI is InChI=1S/C16H23N5O4S2/c1-11-4-6-12(7-5-11)14(15(22)19-16(23)26-17-2)21(3)9-8-18-13(10-21)20-27(24)25/h4-7,13-14,17-18H,8-10H2,1-3H3/p+1. The lowest BCUT2D eigenvalue weighted by molar-refractivity contribution is -0.934. The number of imide groups is 1. The molecule has 0 aliphatic carbocycles. The highest BCUT2D eigenvalue weighted by molar-refractivity contribution is 8.11. The average Bonchev–Trinajstić information content (AvgIpc) is 2.56. The van der Waals surface area contributed by atoms with Crippen molar-refractivity contribution >= 4 is 33.6 Å². The van der Waals surface area contributed by atoms with E-state index in [1.807, 2.05) is 38.2 Å². The Morgan fingerprint density at radius 2 is 2.00 bits per heavy atom. The van der Waals surface area contributed by atoms with E-state index in [2.05, 4.69) is 19.7 Å². The number of quaternary nitrogens is 1. The van der Waals surface area contributed by atoms with Crippen LogP contribution in [0.1, 0.15) is 17.2 Å². The van der Waals surface area contributed by atoms with Gasteiger partial charge in [0.05, 0.1) is 13.6 Å². The number of carbonyl (C=O) groups is 2. The summed E-state index contributed by atoms with van der Waals surface area (Å²) in [4.78, 5) is 24.9. The summed E-state index contributed by atoms with van der Waals surface area (Å²) in [7, 11) is 0.917. The molecule has 3 atom stereocenters. The van der Waals surface area contributed by atoms with Crippen molar-refractivity contribution in [3.05, 3.63) is 35.4 Å². The van der Waals surface area contributed by atoms with Crippen molar-refractivity contribution in [3.63, 3.8) is 0 Å². The number of carbonyl (C=O) groups excluding carboxylic acids is 2. The third kappa shape index (κ3) is 5.84. The van der Waals surface area contributed by atoms with Crippen molar-refractivity contribution in [2.24, 2.45) is 4.36 Å². The van der Waals surface area contributed by atoms with Gasteiger partial charge in [0, 0.05) is 24.1 Å². The Balaban J connectivity index is 2.38. The molecule has 1 fully saturated rings. The number of rotatable bonds is 5. The molecule has 0 bridgehead atoms. The monoisotopic (exact) mass is 414 g/mol. The smallest absolute Gasteiger partial charge is 0.308 e. The maximum Gasteiger partial charge on any atom is 0.312 e. The van der Waals surface area contributed by atoms with Gasteiger partial charge in [-0.15, -0.1) is 4.36 Å². The van der Waals surface area contributed by atoms with E-state index >= 15 is 0 Å². The van der Waals surface area contributed by atoms with Gasteiger partial charge in [-0.25, -0.2) is 0 Å². The van der Waals surface area contributed by atoms with Crippen LogP contribution in [0.5, 0.6) is 0 Å². The van der Waals surface area contributed by atoms with Crippen molar-refractivity contribution in [3.8, 4) is 0 Å². The van der Waals surface area contributed by atoms with E-state index in [1.165, 1.54) is 0 Å². The van der Waals surface area contributed by atoms with Gasteiger partial charge in [-0.3, -0.25) is 24.9 Å². The zero-order valence-corrected chi connectivity index (χ0v) is 17.1. The molecule has 1 aromatic rings. The van der Waals surface area contributed by atoms with Crippen LogP contribution in [-0.2, 0) is 15.3 Å². The lowest BCUT2D eigenvalue weighted by atomic mass is 9.99. The Labute approximate surface area is 164 Å². The molecule has 0 spiro atoms. The van der Waals surface area contributed by atoms with Crippen LogP contribution in [0.4, 0.5) is 4.79 Å². The third-order valence-corrected chi connectivity index (χ3v) is 5.41. The molecule has 3 unspecified atom stereocenters. The van der Waals surface area contributed by atoms with Crippen molar-refractivity contribution in [1.82, 2.24) is 15.4 Å². The first kappa shape index (κ1) is 21.5. The molecule has 11 heteroatoms. The summed E-state index contributed by atoms with van der Waals surface area (Å²) in [5.74, 6) is -0.432. The molecule has 0 radical (unpaired) electrons. The molecule has 1 aliphatic rings. The summed E-state index contributed by atoms with van der Waals surface area (Å²) >= 11 is 0.789. The van der Waals surface area contributed by atoms with Crippen LogP contribution in [-0.4, -0.2) is 63.9 Å². The van der Waals surface area contributed by atoms with Crippen LogP contribution < -0.4 is 15.4 Å². The minimum absolute atomic E-state index is 0.227. The summed E-state index contributed by atoms with van der Waals surface area (Å²) in [5, 5.41) is 4.94. The van der Waals surface area contributed by atoms with E-state index in [-0.39, 0.29) is 4.48 Å². The van der Waals surface area contributed by atoms with E-state index in [0.29, 0.717) is 19.6 Å². The van der Waals surface area contributed by atoms with E-state index in [1.54, 1.807) is 7.05 Å². The fraction of sp³-hybridized carbons (Fsp3) is 0.500. The van der Waals surface area contributed by atoms with Crippen molar-refractivity contribution < 1.29 is 22.5 Å². The molecule has 2 amide bonds. The first-order valence-electron chi connectivity index (χ1n) is 8.38. The molecule has 1 aliphatic heterocycles. The number of hydrogen-bond acceptors (Lipinski definition) is 8. The lowest BCUT2D eigenvalue weighted by Gasteiger charge is -2.44. The number of piperazine rings is 1. The molecule has 1 heterocycles. The van der Waals surface area contributed by atoms with E-state index in [0.717, 1.165) is 23.1 Å². The number of likely N-dealkylation sites (N-methyl/N-ethyl adjacent to an activating group) is 1. The first-order chi connectivity index (χ1) is 12.7. The predicted octanol–water partition coefficient (Wildman–Crippen LogP) is 0.579. The molecular weight excluding hydrogens is 390 g/mol. The molecule has 1 saturated heterocycles. The number of benzene rings is 1. The number of nitrogens with one attached hydrogen (secondary N) is 3. The molecule has 2 rings (SSSR count). The minimum atomic E-state index is -2.54. The normalized spacial score (nSPS) is 23.3. The molecule has 9 nitrogen and oxygen atoms in total. The highest BCUT2D eigenvalue weighted by Crippen LogP contribution is 2.30. The molecule has 0 aromatic heterocycles. The Morgan fingerprint density at radius 1 is 1.33 bits per heavy atom. The SMILES string of the molecule is CNSC(=O)NC(=O)C(c1ccc(C)cc1)[N+]1(C)CCNC(N=S(=O)=O)C1. The fourth-order valence-corrected chi connectivity index (χ4v) is 3.96. The maximum atomic E-state index is 13.0. The van der Waals surface area contributed by atoms with Crippen LogP contribution in [0.2, 0.25) is 0 Å². The van der Waals surface area contributed by atoms with Crippen molar-refractivity contribution in [1.29, 1.82) is 0 Å². The zero-order valence-electron chi connectivity index (χ0n) is 15.4. The van der Waals surface area contributed by atoms with Gasteiger partial charge in [0.25, 0.3) is 5.91 Å². The molecule has 3 N–H and O–H groups in total. The summed E-state index contributed by atoms with van der Waals surface area (Å²) in [6.45, 7) is 3.33. The summed E-state index contributed by atoms with van der Waals surface area (Å²) < 4.78 is 28.4. The van der Waals surface area contributed by atoms with Gasteiger partial charge in [-0.05, 0) is 14.0 Å². The molecule has 27 heavy (non-hydrogen) atoms. The van der Waals surface area contributed by atoms with Crippen LogP contribution in [0.3, 0.4) is 0 Å². The first-order valence-corrected chi connectivity index (χ1v) is 10.2. The highest BCUT2D eigenvalue weighted by Gasteiger charge is 2.44. The summed E-state index contributed by atoms with van der Waals surface area (Å²) in [6.07, 6.45) is -0.620. The Hall–Kier alpha value is -1.79. The van der Waals surface area contributed by atoms with E-state index in [4.69, 9.17) is 0 Å².